The fourth-order valence-electron chi connectivity index (χ4n) is 2.99. The molecule has 1 amide bonds. The Bertz CT molecular complexity index is 705. The van der Waals surface area contributed by atoms with E-state index in [9.17, 15) is 4.79 Å². The first-order valence-corrected chi connectivity index (χ1v) is 9.05. The van der Waals surface area contributed by atoms with Gasteiger partial charge in [0, 0.05) is 43.2 Å². The number of benzene rings is 1. The molecule has 0 spiro atoms. The van der Waals surface area contributed by atoms with Crippen LogP contribution in [0, 0.1) is 13.8 Å². The van der Waals surface area contributed by atoms with Crippen LogP contribution in [0.4, 0.5) is 0 Å². The fraction of sp³-hybridized carbons (Fsp3) is 0.389. The van der Waals surface area contributed by atoms with Crippen LogP contribution >= 0.6 is 22.9 Å². The summed E-state index contributed by atoms with van der Waals surface area (Å²) >= 11 is 7.62. The van der Waals surface area contributed by atoms with Crippen LogP contribution in [0.15, 0.2) is 30.3 Å². The molecule has 2 aromatic rings. The molecule has 0 saturated carbocycles. The summed E-state index contributed by atoms with van der Waals surface area (Å²) in [6, 6.07) is 10.1. The summed E-state index contributed by atoms with van der Waals surface area (Å²) in [5, 5.41) is 0. The van der Waals surface area contributed by atoms with E-state index >= 15 is 0 Å². The zero-order chi connectivity index (χ0) is 16.4. The minimum atomic E-state index is 0.154. The third kappa shape index (κ3) is 3.94. The van der Waals surface area contributed by atoms with Crippen LogP contribution in [-0.2, 0) is 6.54 Å². The minimum absolute atomic E-state index is 0.154. The van der Waals surface area contributed by atoms with E-state index in [1.54, 1.807) is 11.3 Å². The van der Waals surface area contributed by atoms with Crippen molar-refractivity contribution in [3.63, 3.8) is 0 Å². The molecular formula is C18H21ClN2OS. The maximum atomic E-state index is 12.7. The molecule has 0 atom stereocenters. The van der Waals surface area contributed by atoms with Crippen LogP contribution in [0.3, 0.4) is 0 Å². The van der Waals surface area contributed by atoms with Gasteiger partial charge in [-0.25, -0.2) is 0 Å². The van der Waals surface area contributed by atoms with E-state index in [0.717, 1.165) is 48.2 Å². The van der Waals surface area contributed by atoms with Gasteiger partial charge in [0.2, 0.25) is 0 Å². The number of amides is 1. The van der Waals surface area contributed by atoms with Crippen LogP contribution in [0.2, 0.25) is 4.34 Å². The number of hydrogen-bond acceptors (Lipinski definition) is 3. The molecule has 23 heavy (non-hydrogen) atoms. The molecule has 122 valence electrons. The van der Waals surface area contributed by atoms with Gasteiger partial charge in [0.05, 0.1) is 4.34 Å². The predicted octanol–water partition coefficient (Wildman–Crippen LogP) is 3.98. The Labute approximate surface area is 146 Å². The number of rotatable bonds is 3. The first kappa shape index (κ1) is 16.5. The van der Waals surface area contributed by atoms with Gasteiger partial charge in [-0.05, 0) is 37.6 Å². The summed E-state index contributed by atoms with van der Waals surface area (Å²) in [5.74, 6) is 0.154. The van der Waals surface area contributed by atoms with Crippen molar-refractivity contribution in [2.24, 2.45) is 0 Å². The third-order valence-electron chi connectivity index (χ3n) is 4.28. The SMILES string of the molecule is Cc1ccc(C(=O)N2CCN(Cc3ccc(Cl)s3)CC2)c(C)c1. The van der Waals surface area contributed by atoms with Crippen molar-refractivity contribution in [1.82, 2.24) is 9.80 Å². The highest BCUT2D eigenvalue weighted by atomic mass is 35.5. The molecule has 1 aliphatic heterocycles. The van der Waals surface area contributed by atoms with Crippen molar-refractivity contribution in [3.8, 4) is 0 Å². The summed E-state index contributed by atoms with van der Waals surface area (Å²) < 4.78 is 0.837. The molecule has 5 heteroatoms. The van der Waals surface area contributed by atoms with Gasteiger partial charge in [0.15, 0.2) is 0 Å². The standard InChI is InChI=1S/C18H21ClN2OS/c1-13-3-5-16(14(2)11-13)18(22)21-9-7-20(8-10-21)12-15-4-6-17(19)23-15/h3-6,11H,7-10,12H2,1-2H3. The number of piperazine rings is 1. The number of carbonyl (C=O) groups excluding carboxylic acids is 1. The normalized spacial score (nSPS) is 15.9. The molecule has 1 fully saturated rings. The number of aryl methyl sites for hydroxylation is 2. The van der Waals surface area contributed by atoms with E-state index in [4.69, 9.17) is 11.6 Å². The topological polar surface area (TPSA) is 23.6 Å². The first-order chi connectivity index (χ1) is 11.0. The molecule has 0 N–H and O–H groups in total. The molecule has 3 rings (SSSR count). The number of halogens is 1. The highest BCUT2D eigenvalue weighted by molar-refractivity contribution is 7.16. The highest BCUT2D eigenvalue weighted by Gasteiger charge is 2.23. The average molecular weight is 349 g/mol. The Morgan fingerprint density at radius 2 is 1.87 bits per heavy atom. The lowest BCUT2D eigenvalue weighted by molar-refractivity contribution is 0.0629. The van der Waals surface area contributed by atoms with Crippen LogP contribution in [0.25, 0.3) is 0 Å². The molecule has 3 nitrogen and oxygen atoms in total. The van der Waals surface area contributed by atoms with Crippen molar-refractivity contribution in [2.75, 3.05) is 26.2 Å². The largest absolute Gasteiger partial charge is 0.336 e. The van der Waals surface area contributed by atoms with Gasteiger partial charge in [-0.1, -0.05) is 29.3 Å². The molecule has 1 aliphatic rings. The van der Waals surface area contributed by atoms with Crippen LogP contribution < -0.4 is 0 Å². The molecule has 1 saturated heterocycles. The fourth-order valence-corrected chi connectivity index (χ4v) is 4.12. The third-order valence-corrected chi connectivity index (χ3v) is 5.50. The summed E-state index contributed by atoms with van der Waals surface area (Å²) in [6.45, 7) is 8.37. The van der Waals surface area contributed by atoms with E-state index in [-0.39, 0.29) is 5.91 Å². The summed E-state index contributed by atoms with van der Waals surface area (Å²) in [7, 11) is 0. The lowest BCUT2D eigenvalue weighted by Crippen LogP contribution is -2.48. The van der Waals surface area contributed by atoms with Crippen LogP contribution in [-0.4, -0.2) is 41.9 Å². The first-order valence-electron chi connectivity index (χ1n) is 7.86. The second-order valence-corrected chi connectivity index (χ2v) is 7.89. The lowest BCUT2D eigenvalue weighted by atomic mass is 10.0. The summed E-state index contributed by atoms with van der Waals surface area (Å²) in [5.41, 5.74) is 3.08. The molecule has 1 aromatic heterocycles. The highest BCUT2D eigenvalue weighted by Crippen LogP contribution is 2.23. The van der Waals surface area contributed by atoms with Gasteiger partial charge in [-0.15, -0.1) is 11.3 Å². The van der Waals surface area contributed by atoms with E-state index in [0.29, 0.717) is 0 Å². The van der Waals surface area contributed by atoms with Crippen LogP contribution in [0.5, 0.6) is 0 Å². The van der Waals surface area contributed by atoms with Gasteiger partial charge in [0.25, 0.3) is 5.91 Å². The lowest BCUT2D eigenvalue weighted by Gasteiger charge is -2.34. The Kier molecular flexibility index (Phi) is 5.05. The smallest absolute Gasteiger partial charge is 0.254 e. The quantitative estimate of drug-likeness (QED) is 0.837. The molecule has 2 heterocycles. The maximum absolute atomic E-state index is 12.7. The Morgan fingerprint density at radius 1 is 1.13 bits per heavy atom. The minimum Gasteiger partial charge on any atom is -0.336 e. The maximum Gasteiger partial charge on any atom is 0.254 e. The van der Waals surface area contributed by atoms with Crippen LogP contribution in [0.1, 0.15) is 26.4 Å². The van der Waals surface area contributed by atoms with E-state index in [1.807, 2.05) is 30.0 Å². The Balaban J connectivity index is 1.59. The Morgan fingerprint density at radius 3 is 2.48 bits per heavy atom. The predicted molar refractivity (Wildman–Crippen MR) is 96.4 cm³/mol. The second-order valence-electron chi connectivity index (χ2n) is 6.09. The van der Waals surface area contributed by atoms with Gasteiger partial charge in [-0.2, -0.15) is 0 Å². The van der Waals surface area contributed by atoms with Crippen molar-refractivity contribution < 1.29 is 4.79 Å². The summed E-state index contributed by atoms with van der Waals surface area (Å²) in [4.78, 5) is 18.3. The van der Waals surface area contributed by atoms with Crippen molar-refractivity contribution >= 4 is 28.8 Å². The van der Waals surface area contributed by atoms with Gasteiger partial charge in [0.1, 0.15) is 0 Å². The van der Waals surface area contributed by atoms with Crippen molar-refractivity contribution in [1.29, 1.82) is 0 Å². The molecule has 0 bridgehead atoms. The van der Waals surface area contributed by atoms with Crippen molar-refractivity contribution in [3.05, 3.63) is 56.2 Å². The van der Waals surface area contributed by atoms with E-state index < -0.39 is 0 Å². The number of hydrogen-bond donors (Lipinski definition) is 0. The monoisotopic (exact) mass is 348 g/mol. The molecule has 0 aliphatic carbocycles. The molecule has 0 unspecified atom stereocenters. The molecule has 0 radical (unpaired) electrons. The van der Waals surface area contributed by atoms with Gasteiger partial charge >= 0.3 is 0 Å². The molecular weight excluding hydrogens is 328 g/mol. The Hall–Kier alpha value is -1.36. The number of carbonyl (C=O) groups is 1. The summed E-state index contributed by atoms with van der Waals surface area (Å²) in [6.07, 6.45) is 0. The second kappa shape index (κ2) is 7.04. The van der Waals surface area contributed by atoms with Gasteiger partial charge < -0.3 is 4.90 Å². The van der Waals surface area contributed by atoms with Gasteiger partial charge in [-0.3, -0.25) is 9.69 Å². The zero-order valence-electron chi connectivity index (χ0n) is 13.5. The van der Waals surface area contributed by atoms with E-state index in [1.165, 1.54) is 10.4 Å². The zero-order valence-corrected chi connectivity index (χ0v) is 15.1. The number of nitrogens with zero attached hydrogens (tertiary/aromatic N) is 2. The van der Waals surface area contributed by atoms with E-state index in [2.05, 4.69) is 24.0 Å². The average Bonchev–Trinajstić information content (AvgIpc) is 2.92. The van der Waals surface area contributed by atoms with Crippen molar-refractivity contribution in [2.45, 2.75) is 20.4 Å². The number of thiophene rings is 1. The molecule has 1 aromatic carbocycles.